The Hall–Kier alpha value is -0.730. The molecular weight excluding hydrogens is 222 g/mol. The number of likely N-dealkylation sites (N-methyl/N-ethyl adjacent to an activating group) is 1. The van der Waals surface area contributed by atoms with Gasteiger partial charge in [-0.15, -0.1) is 0 Å². The van der Waals surface area contributed by atoms with Crippen LogP contribution in [0.2, 0.25) is 5.02 Å². The molecule has 1 rings (SSSR count). The van der Waals surface area contributed by atoms with Gasteiger partial charge >= 0.3 is 0 Å². The first-order chi connectivity index (χ1) is 7.67. The molecule has 0 fully saturated rings. The van der Waals surface area contributed by atoms with E-state index >= 15 is 0 Å². The fourth-order valence-electron chi connectivity index (χ4n) is 1.46. The lowest BCUT2D eigenvalue weighted by atomic mass is 10.2. The van der Waals surface area contributed by atoms with Gasteiger partial charge in [0.05, 0.1) is 0 Å². The molecule has 16 heavy (non-hydrogen) atoms. The average molecular weight is 242 g/mol. The summed E-state index contributed by atoms with van der Waals surface area (Å²) in [7, 11) is 0. The van der Waals surface area contributed by atoms with Gasteiger partial charge in [-0.05, 0) is 43.7 Å². The second kappa shape index (κ2) is 6.77. The molecule has 0 amide bonds. The highest BCUT2D eigenvalue weighted by molar-refractivity contribution is 6.31. The minimum Gasteiger partial charge on any atom is -0.489 e. The maximum Gasteiger partial charge on any atom is 0.120 e. The molecule has 90 valence electrons. The van der Waals surface area contributed by atoms with Gasteiger partial charge in [0.15, 0.2) is 0 Å². The molecule has 1 N–H and O–H groups in total. The van der Waals surface area contributed by atoms with Crippen LogP contribution in [0.25, 0.3) is 0 Å². The molecule has 0 heterocycles. The fourth-order valence-corrected chi connectivity index (χ4v) is 1.58. The molecule has 2 nitrogen and oxygen atoms in total. The number of ether oxygens (including phenoxy) is 1. The van der Waals surface area contributed by atoms with Gasteiger partial charge in [-0.1, -0.05) is 25.4 Å². The third-order valence-electron chi connectivity index (χ3n) is 2.51. The maximum absolute atomic E-state index is 5.97. The molecule has 3 heteroatoms. The molecule has 0 radical (unpaired) electrons. The van der Waals surface area contributed by atoms with E-state index in [2.05, 4.69) is 19.2 Å². The Kier molecular flexibility index (Phi) is 5.64. The highest BCUT2D eigenvalue weighted by Crippen LogP contribution is 2.22. The van der Waals surface area contributed by atoms with Crippen LogP contribution in [0.1, 0.15) is 25.8 Å². The summed E-state index contributed by atoms with van der Waals surface area (Å²) < 4.78 is 5.88. The predicted molar refractivity (Wildman–Crippen MR) is 69.4 cm³/mol. The van der Waals surface area contributed by atoms with Gasteiger partial charge in [-0.2, -0.15) is 0 Å². The smallest absolute Gasteiger partial charge is 0.120 e. The van der Waals surface area contributed by atoms with Crippen molar-refractivity contribution >= 4 is 11.6 Å². The highest BCUT2D eigenvalue weighted by atomic mass is 35.5. The van der Waals surface area contributed by atoms with E-state index in [9.17, 15) is 0 Å². The Morgan fingerprint density at radius 1 is 1.38 bits per heavy atom. The van der Waals surface area contributed by atoms with E-state index in [1.54, 1.807) is 0 Å². The zero-order chi connectivity index (χ0) is 12.0. The molecule has 1 aromatic carbocycles. The summed E-state index contributed by atoms with van der Waals surface area (Å²) in [6.45, 7) is 8.07. The van der Waals surface area contributed by atoms with Gasteiger partial charge in [0, 0.05) is 11.6 Å². The van der Waals surface area contributed by atoms with E-state index in [1.165, 1.54) is 0 Å². The number of hydrogen-bond donors (Lipinski definition) is 1. The normalized spacial score (nSPS) is 12.5. The maximum atomic E-state index is 5.97. The Balaban J connectivity index is 2.59. The second-order valence-corrected chi connectivity index (χ2v) is 4.27. The molecule has 0 aliphatic heterocycles. The first-order valence-electron chi connectivity index (χ1n) is 5.80. The molecule has 1 atom stereocenters. The monoisotopic (exact) mass is 241 g/mol. The first-order valence-corrected chi connectivity index (χ1v) is 6.18. The molecule has 0 saturated carbocycles. The Morgan fingerprint density at radius 2 is 2.12 bits per heavy atom. The number of aryl methyl sites for hydroxylation is 1. The number of hydrogen-bond acceptors (Lipinski definition) is 2. The van der Waals surface area contributed by atoms with E-state index in [0.29, 0.717) is 0 Å². The third kappa shape index (κ3) is 4.03. The third-order valence-corrected chi connectivity index (χ3v) is 2.93. The van der Waals surface area contributed by atoms with Crippen LogP contribution in [0.3, 0.4) is 0 Å². The van der Waals surface area contributed by atoms with Crippen molar-refractivity contribution in [3.63, 3.8) is 0 Å². The summed E-state index contributed by atoms with van der Waals surface area (Å²) >= 11 is 5.97. The van der Waals surface area contributed by atoms with Crippen LogP contribution in [0.4, 0.5) is 0 Å². The van der Waals surface area contributed by atoms with E-state index in [0.717, 1.165) is 35.8 Å². The van der Waals surface area contributed by atoms with Crippen LogP contribution >= 0.6 is 11.6 Å². The Bertz CT molecular complexity index is 328. The van der Waals surface area contributed by atoms with Crippen molar-refractivity contribution in [2.75, 3.05) is 13.1 Å². The van der Waals surface area contributed by atoms with Crippen LogP contribution in [0.5, 0.6) is 5.75 Å². The van der Waals surface area contributed by atoms with Crippen LogP contribution in [0, 0.1) is 6.92 Å². The fraction of sp³-hybridized carbons (Fsp3) is 0.538. The van der Waals surface area contributed by atoms with Crippen molar-refractivity contribution in [3.8, 4) is 5.75 Å². The van der Waals surface area contributed by atoms with Crippen LogP contribution in [-0.4, -0.2) is 19.2 Å². The van der Waals surface area contributed by atoms with Crippen LogP contribution in [-0.2, 0) is 0 Å². The molecule has 1 unspecified atom stereocenters. The summed E-state index contributed by atoms with van der Waals surface area (Å²) in [5, 5.41) is 4.08. The van der Waals surface area contributed by atoms with Gasteiger partial charge in [0.25, 0.3) is 0 Å². The number of rotatable bonds is 6. The van der Waals surface area contributed by atoms with E-state index in [-0.39, 0.29) is 6.10 Å². The lowest BCUT2D eigenvalue weighted by Gasteiger charge is -2.18. The van der Waals surface area contributed by atoms with Gasteiger partial charge in [0.2, 0.25) is 0 Å². The average Bonchev–Trinajstić information content (AvgIpc) is 2.29. The molecule has 0 bridgehead atoms. The van der Waals surface area contributed by atoms with Gasteiger partial charge < -0.3 is 10.1 Å². The second-order valence-electron chi connectivity index (χ2n) is 3.87. The van der Waals surface area contributed by atoms with Crippen LogP contribution < -0.4 is 10.1 Å². The summed E-state index contributed by atoms with van der Waals surface area (Å²) in [5.74, 6) is 0.895. The van der Waals surface area contributed by atoms with Crippen molar-refractivity contribution in [3.05, 3.63) is 28.8 Å². The molecule has 0 spiro atoms. The lowest BCUT2D eigenvalue weighted by Crippen LogP contribution is -2.30. The quantitative estimate of drug-likeness (QED) is 0.824. The zero-order valence-corrected chi connectivity index (χ0v) is 11.0. The summed E-state index contributed by atoms with van der Waals surface area (Å²) in [6.07, 6.45) is 1.22. The highest BCUT2D eigenvalue weighted by Gasteiger charge is 2.07. The van der Waals surface area contributed by atoms with Crippen molar-refractivity contribution in [1.82, 2.24) is 5.32 Å². The van der Waals surface area contributed by atoms with Crippen LogP contribution in [0.15, 0.2) is 18.2 Å². The molecule has 0 aliphatic rings. The molecule has 0 aromatic heterocycles. The van der Waals surface area contributed by atoms with Gasteiger partial charge in [-0.3, -0.25) is 0 Å². The zero-order valence-electron chi connectivity index (χ0n) is 10.2. The summed E-state index contributed by atoms with van der Waals surface area (Å²) in [4.78, 5) is 0. The number of halogens is 1. The Morgan fingerprint density at radius 3 is 2.69 bits per heavy atom. The predicted octanol–water partition coefficient (Wildman–Crippen LogP) is 3.42. The SMILES string of the molecule is CCNCC(CC)Oc1ccc(Cl)c(C)c1. The molecule has 1 aromatic rings. The number of nitrogens with one attached hydrogen (secondary N) is 1. The Labute approximate surface area is 103 Å². The standard InChI is InChI=1S/C13H20ClNO/c1-4-11(9-15-5-2)16-12-6-7-13(14)10(3)8-12/h6-8,11,15H,4-5,9H2,1-3H3. The largest absolute Gasteiger partial charge is 0.489 e. The summed E-state index contributed by atoms with van der Waals surface area (Å²) in [6, 6.07) is 5.78. The minimum absolute atomic E-state index is 0.223. The van der Waals surface area contributed by atoms with Crippen molar-refractivity contribution in [1.29, 1.82) is 0 Å². The van der Waals surface area contributed by atoms with E-state index < -0.39 is 0 Å². The van der Waals surface area contributed by atoms with Gasteiger partial charge in [0.1, 0.15) is 11.9 Å². The van der Waals surface area contributed by atoms with Gasteiger partial charge in [-0.25, -0.2) is 0 Å². The summed E-state index contributed by atoms with van der Waals surface area (Å²) in [5.41, 5.74) is 1.05. The first kappa shape index (κ1) is 13.3. The lowest BCUT2D eigenvalue weighted by molar-refractivity contribution is 0.194. The van der Waals surface area contributed by atoms with E-state index in [1.807, 2.05) is 25.1 Å². The number of benzene rings is 1. The molecule has 0 saturated heterocycles. The van der Waals surface area contributed by atoms with E-state index in [4.69, 9.17) is 16.3 Å². The topological polar surface area (TPSA) is 21.3 Å². The molecule has 0 aliphatic carbocycles. The molecular formula is C13H20ClNO. The van der Waals surface area contributed by atoms with Crippen molar-refractivity contribution < 1.29 is 4.74 Å². The van der Waals surface area contributed by atoms with Crippen molar-refractivity contribution in [2.45, 2.75) is 33.3 Å². The minimum atomic E-state index is 0.223. The van der Waals surface area contributed by atoms with Crippen molar-refractivity contribution in [2.24, 2.45) is 0 Å².